The second-order valence-corrected chi connectivity index (χ2v) is 8.19. The van der Waals surface area contributed by atoms with Crippen molar-refractivity contribution < 1.29 is 18.7 Å². The van der Waals surface area contributed by atoms with Crippen LogP contribution in [0.25, 0.3) is 11.0 Å². The van der Waals surface area contributed by atoms with Crippen molar-refractivity contribution >= 4 is 28.5 Å². The van der Waals surface area contributed by atoms with Crippen LogP contribution in [0.2, 0.25) is 0 Å². The van der Waals surface area contributed by atoms with Gasteiger partial charge in [0.2, 0.25) is 11.8 Å². The molecule has 37 heavy (non-hydrogen) atoms. The summed E-state index contributed by atoms with van der Waals surface area (Å²) >= 11 is 0. The minimum atomic E-state index is -1.03. The van der Waals surface area contributed by atoms with Gasteiger partial charge in [0, 0.05) is 29.7 Å². The molecule has 2 amide bonds. The summed E-state index contributed by atoms with van der Waals surface area (Å²) in [6.07, 6.45) is 4.72. The Bertz CT molecular complexity index is 1500. The molecule has 10 nitrogen and oxygen atoms in total. The second kappa shape index (κ2) is 10.7. The molecule has 186 valence electrons. The molecule has 1 atom stereocenters. The molecule has 1 N–H and O–H groups in total. The first-order valence-electron chi connectivity index (χ1n) is 11.6. The van der Waals surface area contributed by atoms with E-state index in [1.54, 1.807) is 68.0 Å². The van der Waals surface area contributed by atoms with Crippen LogP contribution in [0.1, 0.15) is 17.4 Å². The number of fused-ring (bicyclic) bond motifs is 1. The predicted molar refractivity (Wildman–Crippen MR) is 136 cm³/mol. The first-order chi connectivity index (χ1) is 18.1. The molecular formula is C27H24N6O4. The van der Waals surface area contributed by atoms with Gasteiger partial charge in [-0.05, 0) is 42.5 Å². The molecule has 0 aliphatic rings. The molecule has 0 saturated heterocycles. The van der Waals surface area contributed by atoms with Gasteiger partial charge in [0.25, 0.3) is 0 Å². The smallest absolute Gasteiger partial charge is 0.249 e. The summed E-state index contributed by atoms with van der Waals surface area (Å²) in [5.74, 6) is 0.365. The largest absolute Gasteiger partial charge is 0.497 e. The lowest BCUT2D eigenvalue weighted by Crippen LogP contribution is -2.45. The number of para-hydroxylation sites is 1. The first-order valence-corrected chi connectivity index (χ1v) is 11.6. The Morgan fingerprint density at radius 1 is 1.08 bits per heavy atom. The zero-order valence-corrected chi connectivity index (χ0v) is 20.0. The molecule has 0 spiro atoms. The Morgan fingerprint density at radius 3 is 2.76 bits per heavy atom. The minimum Gasteiger partial charge on any atom is -0.497 e. The maximum absolute atomic E-state index is 14.0. The molecule has 0 bridgehead atoms. The first kappa shape index (κ1) is 23.7. The number of amides is 2. The topological polar surface area (TPSA) is 115 Å². The van der Waals surface area contributed by atoms with Crippen molar-refractivity contribution in [1.29, 1.82) is 0 Å². The van der Waals surface area contributed by atoms with Gasteiger partial charge in [0.15, 0.2) is 0 Å². The number of nitrogens with zero attached hydrogens (tertiary/aromatic N) is 5. The fourth-order valence-electron chi connectivity index (χ4n) is 4.08. The summed E-state index contributed by atoms with van der Waals surface area (Å²) in [7, 11) is 1.54. The van der Waals surface area contributed by atoms with E-state index in [1.165, 1.54) is 15.8 Å². The fraction of sp³-hybridized carbons (Fsp3) is 0.148. The molecule has 3 aromatic heterocycles. The van der Waals surface area contributed by atoms with Gasteiger partial charge < -0.3 is 14.5 Å². The summed E-state index contributed by atoms with van der Waals surface area (Å²) in [6.45, 7) is 0.0242. The van der Waals surface area contributed by atoms with Gasteiger partial charge in [-0.1, -0.05) is 29.5 Å². The highest BCUT2D eigenvalue weighted by atomic mass is 16.5. The number of carbonyl (C=O) groups is 2. The third-order valence-corrected chi connectivity index (χ3v) is 5.83. The van der Waals surface area contributed by atoms with Crippen LogP contribution in [0.5, 0.6) is 5.75 Å². The Morgan fingerprint density at radius 2 is 1.97 bits per heavy atom. The summed E-state index contributed by atoms with van der Waals surface area (Å²) in [5.41, 5.74) is 2.40. The van der Waals surface area contributed by atoms with Gasteiger partial charge in [-0.15, -0.1) is 5.10 Å². The SMILES string of the molecule is COc1cccc(N(C(=O)Cn2nnc3ccccc32)[C@@H](C(=O)NCc2ccco2)c2cccnc2)c1. The van der Waals surface area contributed by atoms with E-state index in [0.717, 1.165) is 0 Å². The standard InChI is InChI=1S/C27H24N6O4/c1-36-21-9-4-8-20(15-21)33(25(34)18-32-24-12-3-2-11-23(24)30-31-32)26(19-7-5-13-28-16-19)27(35)29-17-22-10-6-14-37-22/h2-16,26H,17-18H2,1H3,(H,29,35)/t26-/m1/s1. The van der Waals surface area contributed by atoms with E-state index in [-0.39, 0.29) is 19.0 Å². The van der Waals surface area contributed by atoms with Crippen LogP contribution in [0.15, 0.2) is 95.9 Å². The molecule has 0 aliphatic carbocycles. The summed E-state index contributed by atoms with van der Waals surface area (Å²) in [6, 6.07) is 20.3. The van der Waals surface area contributed by atoms with Gasteiger partial charge in [0.1, 0.15) is 29.6 Å². The van der Waals surface area contributed by atoms with Gasteiger partial charge in [0.05, 0.1) is 25.4 Å². The van der Waals surface area contributed by atoms with Crippen LogP contribution in [-0.2, 0) is 22.7 Å². The highest BCUT2D eigenvalue weighted by Crippen LogP contribution is 2.31. The van der Waals surface area contributed by atoms with E-state index >= 15 is 0 Å². The van der Waals surface area contributed by atoms with Crippen LogP contribution in [0, 0.1) is 0 Å². The number of hydrogen-bond acceptors (Lipinski definition) is 7. The van der Waals surface area contributed by atoms with Crippen LogP contribution in [-0.4, -0.2) is 38.9 Å². The van der Waals surface area contributed by atoms with Crippen molar-refractivity contribution in [1.82, 2.24) is 25.3 Å². The van der Waals surface area contributed by atoms with Crippen molar-refractivity contribution in [2.75, 3.05) is 12.0 Å². The van der Waals surface area contributed by atoms with Crippen molar-refractivity contribution in [2.24, 2.45) is 0 Å². The van der Waals surface area contributed by atoms with Crippen LogP contribution in [0.4, 0.5) is 5.69 Å². The molecule has 5 rings (SSSR count). The highest BCUT2D eigenvalue weighted by molar-refractivity contribution is 6.01. The second-order valence-electron chi connectivity index (χ2n) is 8.19. The van der Waals surface area contributed by atoms with E-state index in [0.29, 0.717) is 33.8 Å². The van der Waals surface area contributed by atoms with E-state index < -0.39 is 11.9 Å². The normalized spacial score (nSPS) is 11.7. The molecule has 0 fully saturated rings. The fourth-order valence-corrected chi connectivity index (χ4v) is 4.08. The molecule has 0 aliphatic heterocycles. The highest BCUT2D eigenvalue weighted by Gasteiger charge is 2.33. The number of rotatable bonds is 9. The Kier molecular flexibility index (Phi) is 6.89. The molecule has 0 saturated carbocycles. The van der Waals surface area contributed by atoms with E-state index in [9.17, 15) is 9.59 Å². The number of carbonyl (C=O) groups excluding carboxylic acids is 2. The molecule has 3 heterocycles. The van der Waals surface area contributed by atoms with Crippen LogP contribution >= 0.6 is 0 Å². The molecular weight excluding hydrogens is 472 g/mol. The van der Waals surface area contributed by atoms with Crippen molar-refractivity contribution in [3.8, 4) is 5.75 Å². The number of aromatic nitrogens is 4. The Labute approximate surface area is 212 Å². The van der Waals surface area contributed by atoms with Crippen molar-refractivity contribution in [3.05, 3.63) is 103 Å². The summed E-state index contributed by atoms with van der Waals surface area (Å²) in [4.78, 5) is 33.3. The Hall–Kier alpha value is -4.99. The van der Waals surface area contributed by atoms with Gasteiger partial charge in [-0.25, -0.2) is 4.68 Å². The maximum Gasteiger partial charge on any atom is 0.249 e. The van der Waals surface area contributed by atoms with Crippen molar-refractivity contribution in [2.45, 2.75) is 19.1 Å². The summed E-state index contributed by atoms with van der Waals surface area (Å²) < 4.78 is 12.3. The van der Waals surface area contributed by atoms with Crippen LogP contribution in [0.3, 0.4) is 0 Å². The lowest BCUT2D eigenvalue weighted by Gasteiger charge is -2.31. The van der Waals surface area contributed by atoms with Crippen LogP contribution < -0.4 is 15.0 Å². The number of furan rings is 1. The molecule has 0 unspecified atom stereocenters. The number of ether oxygens (including phenoxy) is 1. The predicted octanol–water partition coefficient (Wildman–Crippen LogP) is 3.52. The molecule has 0 radical (unpaired) electrons. The zero-order valence-electron chi connectivity index (χ0n) is 20.0. The van der Waals surface area contributed by atoms with Gasteiger partial charge >= 0.3 is 0 Å². The third-order valence-electron chi connectivity index (χ3n) is 5.83. The zero-order chi connectivity index (χ0) is 25.6. The Balaban J connectivity index is 1.55. The maximum atomic E-state index is 14.0. The van der Waals surface area contributed by atoms with Gasteiger partial charge in [-0.3, -0.25) is 19.5 Å². The number of pyridine rings is 1. The average molecular weight is 497 g/mol. The van der Waals surface area contributed by atoms with Gasteiger partial charge in [-0.2, -0.15) is 0 Å². The summed E-state index contributed by atoms with van der Waals surface area (Å²) in [5, 5.41) is 11.2. The minimum absolute atomic E-state index is 0.139. The van der Waals surface area contributed by atoms with E-state index in [2.05, 4.69) is 20.6 Å². The van der Waals surface area contributed by atoms with Crippen molar-refractivity contribution in [3.63, 3.8) is 0 Å². The number of anilines is 1. The molecule has 2 aromatic carbocycles. The molecule has 5 aromatic rings. The quantitative estimate of drug-likeness (QED) is 0.332. The molecule has 10 heteroatoms. The lowest BCUT2D eigenvalue weighted by molar-refractivity contribution is -0.127. The number of hydrogen-bond donors (Lipinski definition) is 1. The monoisotopic (exact) mass is 496 g/mol. The third kappa shape index (κ3) is 5.18. The number of benzene rings is 2. The lowest BCUT2D eigenvalue weighted by atomic mass is 10.0. The number of methoxy groups -OCH3 is 1. The average Bonchev–Trinajstić information content (AvgIpc) is 3.61. The van der Waals surface area contributed by atoms with E-state index in [4.69, 9.17) is 9.15 Å². The number of nitrogens with one attached hydrogen (secondary N) is 1. The van der Waals surface area contributed by atoms with E-state index in [1.807, 2.05) is 24.3 Å².